The molecule has 1 nitrogen and oxygen atoms in total. The van der Waals surface area contributed by atoms with Gasteiger partial charge in [0.1, 0.15) is 0 Å². The van der Waals surface area contributed by atoms with Gasteiger partial charge in [-0.3, -0.25) is 0 Å². The van der Waals surface area contributed by atoms with Gasteiger partial charge in [-0.2, -0.15) is 0 Å². The molecule has 2 aromatic rings. The van der Waals surface area contributed by atoms with Crippen LogP contribution in [0.15, 0.2) is 35.0 Å². The Labute approximate surface area is 117 Å². The maximum absolute atomic E-state index is 3.84. The van der Waals surface area contributed by atoms with E-state index in [0.29, 0.717) is 17.5 Å². The highest BCUT2D eigenvalue weighted by Crippen LogP contribution is 2.46. The van der Waals surface area contributed by atoms with E-state index in [1.807, 2.05) is 22.7 Å². The zero-order chi connectivity index (χ0) is 12.6. The van der Waals surface area contributed by atoms with Crippen molar-refractivity contribution in [2.24, 2.45) is 5.41 Å². The van der Waals surface area contributed by atoms with E-state index >= 15 is 0 Å². The molecule has 1 N–H and O–H groups in total. The minimum absolute atomic E-state index is 0.482. The molecule has 1 saturated carbocycles. The quantitative estimate of drug-likeness (QED) is 0.849. The van der Waals surface area contributed by atoms with Crippen molar-refractivity contribution in [3.63, 3.8) is 0 Å². The van der Waals surface area contributed by atoms with Crippen molar-refractivity contribution in [1.29, 1.82) is 0 Å². The Bertz CT molecular complexity index is 485. The average molecular weight is 277 g/mol. The summed E-state index contributed by atoms with van der Waals surface area (Å²) in [6.07, 6.45) is 2.42. The van der Waals surface area contributed by atoms with Crippen molar-refractivity contribution in [2.75, 3.05) is 0 Å². The molecular weight excluding hydrogens is 258 g/mol. The Kier molecular flexibility index (Phi) is 3.31. The molecule has 0 bridgehead atoms. The summed E-state index contributed by atoms with van der Waals surface area (Å²) in [6, 6.07) is 9.96. The molecule has 1 aliphatic rings. The van der Waals surface area contributed by atoms with Crippen molar-refractivity contribution < 1.29 is 0 Å². The topological polar surface area (TPSA) is 12.0 Å². The van der Waals surface area contributed by atoms with Gasteiger partial charge in [0.2, 0.25) is 0 Å². The highest BCUT2D eigenvalue weighted by atomic mass is 32.1. The molecule has 0 spiro atoms. The van der Waals surface area contributed by atoms with Crippen LogP contribution in [0.5, 0.6) is 0 Å². The van der Waals surface area contributed by atoms with Gasteiger partial charge < -0.3 is 5.32 Å². The van der Waals surface area contributed by atoms with E-state index in [1.54, 1.807) is 0 Å². The fourth-order valence-electron chi connectivity index (χ4n) is 2.36. The summed E-state index contributed by atoms with van der Waals surface area (Å²) in [7, 11) is 0. The van der Waals surface area contributed by atoms with E-state index in [2.05, 4.69) is 54.2 Å². The number of hydrogen-bond donors (Lipinski definition) is 1. The second-order valence-electron chi connectivity index (χ2n) is 5.76. The molecule has 3 rings (SSSR count). The molecule has 0 aromatic carbocycles. The lowest BCUT2D eigenvalue weighted by Gasteiger charge is -2.18. The zero-order valence-electron chi connectivity index (χ0n) is 10.8. The van der Waals surface area contributed by atoms with E-state index in [0.717, 1.165) is 6.42 Å². The van der Waals surface area contributed by atoms with Gasteiger partial charge >= 0.3 is 0 Å². The van der Waals surface area contributed by atoms with Crippen molar-refractivity contribution in [3.8, 4) is 0 Å². The first-order valence-electron chi connectivity index (χ1n) is 6.47. The zero-order valence-corrected chi connectivity index (χ0v) is 12.5. The van der Waals surface area contributed by atoms with Crippen LogP contribution < -0.4 is 5.32 Å². The van der Waals surface area contributed by atoms with Crippen molar-refractivity contribution in [1.82, 2.24) is 5.32 Å². The molecule has 2 heterocycles. The second-order valence-corrected chi connectivity index (χ2v) is 7.77. The third-order valence-electron chi connectivity index (χ3n) is 3.79. The molecule has 0 saturated heterocycles. The Balaban J connectivity index is 1.72. The van der Waals surface area contributed by atoms with Gasteiger partial charge in [-0.15, -0.1) is 22.7 Å². The standard InChI is InChI=1S/C15H19NS2/c1-15(2)10-14(15)16-12(13-6-4-8-18-13)9-11-5-3-7-17-11/h3-8,12,14,16H,9-10H2,1-2H3. The molecule has 3 heteroatoms. The van der Waals surface area contributed by atoms with Gasteiger partial charge in [0.15, 0.2) is 0 Å². The van der Waals surface area contributed by atoms with Gasteiger partial charge in [0, 0.05) is 28.3 Å². The smallest absolute Gasteiger partial charge is 0.0465 e. The molecular formula is C15H19NS2. The Morgan fingerprint density at radius 1 is 1.28 bits per heavy atom. The summed E-state index contributed by atoms with van der Waals surface area (Å²) in [4.78, 5) is 2.94. The third-order valence-corrected chi connectivity index (χ3v) is 5.67. The number of nitrogens with one attached hydrogen (secondary N) is 1. The van der Waals surface area contributed by atoms with Crippen LogP contribution in [0.2, 0.25) is 0 Å². The Morgan fingerprint density at radius 3 is 2.56 bits per heavy atom. The van der Waals surface area contributed by atoms with Crippen LogP contribution in [-0.2, 0) is 6.42 Å². The molecule has 0 amide bonds. The van der Waals surface area contributed by atoms with Gasteiger partial charge in [-0.1, -0.05) is 26.0 Å². The highest BCUT2D eigenvalue weighted by molar-refractivity contribution is 7.10. The summed E-state index contributed by atoms with van der Waals surface area (Å²) in [6.45, 7) is 4.70. The Morgan fingerprint density at radius 2 is 2.00 bits per heavy atom. The summed E-state index contributed by atoms with van der Waals surface area (Å²) in [5.74, 6) is 0. The number of thiophene rings is 2. The lowest BCUT2D eigenvalue weighted by atomic mass is 10.1. The molecule has 1 aliphatic carbocycles. The minimum atomic E-state index is 0.482. The number of hydrogen-bond acceptors (Lipinski definition) is 3. The fraction of sp³-hybridized carbons (Fsp3) is 0.467. The predicted octanol–water partition coefficient (Wildman–Crippen LogP) is 4.48. The first-order chi connectivity index (χ1) is 8.65. The first kappa shape index (κ1) is 12.4. The van der Waals surface area contributed by atoms with E-state index in [4.69, 9.17) is 0 Å². The second kappa shape index (κ2) is 4.80. The minimum Gasteiger partial charge on any atom is -0.306 e. The maximum Gasteiger partial charge on any atom is 0.0465 e. The van der Waals surface area contributed by atoms with Crippen molar-refractivity contribution in [3.05, 3.63) is 44.8 Å². The van der Waals surface area contributed by atoms with E-state index < -0.39 is 0 Å². The lowest BCUT2D eigenvalue weighted by molar-refractivity contribution is 0.474. The van der Waals surface area contributed by atoms with Crippen LogP contribution in [0.4, 0.5) is 0 Å². The predicted molar refractivity (Wildman–Crippen MR) is 80.4 cm³/mol. The monoisotopic (exact) mass is 277 g/mol. The van der Waals surface area contributed by atoms with Crippen LogP contribution in [-0.4, -0.2) is 6.04 Å². The summed E-state index contributed by atoms with van der Waals surface area (Å²) < 4.78 is 0. The highest BCUT2D eigenvalue weighted by Gasteiger charge is 2.46. The van der Waals surface area contributed by atoms with Crippen LogP contribution in [0.3, 0.4) is 0 Å². The van der Waals surface area contributed by atoms with Crippen molar-refractivity contribution in [2.45, 2.75) is 38.8 Å². The van der Waals surface area contributed by atoms with Gasteiger partial charge in [-0.05, 0) is 34.7 Å². The largest absolute Gasteiger partial charge is 0.306 e. The normalized spacial score (nSPS) is 22.9. The Hall–Kier alpha value is -0.640. The molecule has 96 valence electrons. The lowest BCUT2D eigenvalue weighted by Crippen LogP contribution is -2.27. The van der Waals surface area contributed by atoms with Crippen LogP contribution >= 0.6 is 22.7 Å². The van der Waals surface area contributed by atoms with Crippen LogP contribution in [0.25, 0.3) is 0 Å². The third kappa shape index (κ3) is 2.68. The summed E-state index contributed by atoms with van der Waals surface area (Å²) in [5, 5.41) is 8.18. The molecule has 2 atom stereocenters. The number of rotatable bonds is 5. The SMILES string of the molecule is CC1(C)CC1NC(Cc1cccs1)c1cccs1. The molecule has 2 aromatic heterocycles. The maximum atomic E-state index is 3.84. The summed E-state index contributed by atoms with van der Waals surface area (Å²) in [5.41, 5.74) is 0.491. The molecule has 18 heavy (non-hydrogen) atoms. The van der Waals surface area contributed by atoms with E-state index in [1.165, 1.54) is 16.2 Å². The molecule has 1 fully saturated rings. The summed E-state index contributed by atoms with van der Waals surface area (Å²) >= 11 is 3.73. The van der Waals surface area contributed by atoms with Crippen LogP contribution in [0.1, 0.15) is 36.1 Å². The molecule has 2 unspecified atom stereocenters. The van der Waals surface area contributed by atoms with E-state index in [9.17, 15) is 0 Å². The van der Waals surface area contributed by atoms with Crippen molar-refractivity contribution >= 4 is 22.7 Å². The first-order valence-corrected chi connectivity index (χ1v) is 8.23. The molecule has 0 radical (unpaired) electrons. The fourth-order valence-corrected chi connectivity index (χ4v) is 3.89. The average Bonchev–Trinajstić information content (AvgIpc) is 2.86. The van der Waals surface area contributed by atoms with Gasteiger partial charge in [0.25, 0.3) is 0 Å². The van der Waals surface area contributed by atoms with Gasteiger partial charge in [0.05, 0.1) is 0 Å². The van der Waals surface area contributed by atoms with Gasteiger partial charge in [-0.25, -0.2) is 0 Å². The van der Waals surface area contributed by atoms with Crippen LogP contribution in [0, 0.1) is 5.41 Å². The van der Waals surface area contributed by atoms with E-state index in [-0.39, 0.29) is 0 Å². The molecule has 0 aliphatic heterocycles.